The Labute approximate surface area is 241 Å². The minimum Gasteiger partial charge on any atom is -0.493 e. The summed E-state index contributed by atoms with van der Waals surface area (Å²) in [5.41, 5.74) is 5.77. The van der Waals surface area contributed by atoms with E-state index < -0.39 is 0 Å². The second-order valence-corrected chi connectivity index (χ2v) is 10.4. The summed E-state index contributed by atoms with van der Waals surface area (Å²) < 4.78 is 13.4. The van der Waals surface area contributed by atoms with E-state index in [1.54, 1.807) is 25.5 Å². The van der Waals surface area contributed by atoms with E-state index in [0.29, 0.717) is 38.6 Å². The van der Waals surface area contributed by atoms with Crippen LogP contribution in [0, 0.1) is 6.92 Å². The van der Waals surface area contributed by atoms with Crippen LogP contribution < -0.4 is 14.3 Å². The Morgan fingerprint density at radius 2 is 1.67 bits per heavy atom. The Hall–Kier alpha value is -3.84. The first kappa shape index (κ1) is 26.8. The summed E-state index contributed by atoms with van der Waals surface area (Å²) >= 11 is 13.8. The monoisotopic (exact) mass is 573 g/mol. The molecule has 0 N–H and O–H groups in total. The van der Waals surface area contributed by atoms with Crippen molar-refractivity contribution in [3.8, 4) is 22.8 Å². The number of methoxy groups -OCH3 is 1. The Kier molecular flexibility index (Phi) is 8.47. The van der Waals surface area contributed by atoms with Crippen LogP contribution in [0.15, 0.2) is 106 Å². The Morgan fingerprint density at radius 1 is 0.872 bits per heavy atom. The molecule has 1 aromatic heterocycles. The van der Waals surface area contributed by atoms with Crippen molar-refractivity contribution in [2.45, 2.75) is 13.5 Å². The van der Waals surface area contributed by atoms with Gasteiger partial charge in [-0.05, 0) is 54.4 Å². The zero-order valence-electron chi connectivity index (χ0n) is 21.3. The van der Waals surface area contributed by atoms with Crippen LogP contribution in [0.1, 0.15) is 16.7 Å². The molecule has 1 heterocycles. The molecule has 0 saturated carbocycles. The molecule has 0 aliphatic rings. The van der Waals surface area contributed by atoms with E-state index in [1.165, 1.54) is 16.9 Å². The van der Waals surface area contributed by atoms with Crippen molar-refractivity contribution in [1.29, 1.82) is 0 Å². The average Bonchev–Trinajstić information content (AvgIpc) is 3.35. The number of thiazole rings is 1. The van der Waals surface area contributed by atoms with Gasteiger partial charge in [0, 0.05) is 10.9 Å². The molecule has 0 amide bonds. The maximum Gasteiger partial charge on any atom is 0.211 e. The van der Waals surface area contributed by atoms with Crippen LogP contribution in [0.5, 0.6) is 11.5 Å². The number of benzene rings is 4. The zero-order valence-corrected chi connectivity index (χ0v) is 23.7. The summed E-state index contributed by atoms with van der Waals surface area (Å²) in [6, 6.07) is 29.4. The third-order valence-corrected chi connectivity index (χ3v) is 7.46. The smallest absolute Gasteiger partial charge is 0.211 e. The molecule has 4 aromatic carbocycles. The van der Waals surface area contributed by atoms with E-state index in [2.05, 4.69) is 31.2 Å². The number of halogens is 2. The molecular weight excluding hydrogens is 549 g/mol. The molecule has 8 heteroatoms. The molecule has 0 atom stereocenters. The van der Waals surface area contributed by atoms with Crippen LogP contribution >= 0.6 is 34.5 Å². The van der Waals surface area contributed by atoms with Gasteiger partial charge in [-0.25, -0.2) is 9.67 Å². The normalized spacial score (nSPS) is 11.7. The number of ether oxygens (including phenoxy) is 2. The van der Waals surface area contributed by atoms with Gasteiger partial charge in [0.15, 0.2) is 11.5 Å². The first-order valence-electron chi connectivity index (χ1n) is 12.2. The fourth-order valence-electron chi connectivity index (χ4n) is 3.82. The summed E-state index contributed by atoms with van der Waals surface area (Å²) in [5.74, 6) is 1.29. The molecule has 0 aliphatic carbocycles. The number of rotatable bonds is 8. The van der Waals surface area contributed by atoms with E-state index in [0.717, 1.165) is 22.4 Å². The van der Waals surface area contributed by atoms with E-state index in [-0.39, 0.29) is 0 Å². The summed E-state index contributed by atoms with van der Waals surface area (Å²) in [5, 5.41) is 7.80. The van der Waals surface area contributed by atoms with Crippen LogP contribution in [0.4, 0.5) is 5.69 Å². The molecule has 0 bridgehead atoms. The standard InChI is InChI=1S/C31H25Cl2N3O2S/c1-21-8-11-24(12-9-21)28-20-39-31(35-25-13-14-26(32)27(33)17-25)36(28)34-18-23-10-15-29(30(16-23)37-2)38-19-22-6-4-3-5-7-22/h3-18,20H,19H2,1-2H3/b34-18+,35-31?. The summed E-state index contributed by atoms with van der Waals surface area (Å²) in [7, 11) is 1.63. The molecular formula is C31H25Cl2N3O2S. The highest BCUT2D eigenvalue weighted by Crippen LogP contribution is 2.29. The third kappa shape index (κ3) is 6.60. The highest BCUT2D eigenvalue weighted by molar-refractivity contribution is 7.07. The maximum atomic E-state index is 6.23. The number of hydrogen-bond acceptors (Lipinski definition) is 5. The highest BCUT2D eigenvalue weighted by atomic mass is 35.5. The van der Waals surface area contributed by atoms with Gasteiger partial charge in [0.25, 0.3) is 0 Å². The van der Waals surface area contributed by atoms with E-state index >= 15 is 0 Å². The first-order valence-corrected chi connectivity index (χ1v) is 13.8. The van der Waals surface area contributed by atoms with Gasteiger partial charge in [-0.2, -0.15) is 5.10 Å². The fraction of sp³-hybridized carbons (Fsp3) is 0.0968. The lowest BCUT2D eigenvalue weighted by Crippen LogP contribution is -2.11. The van der Waals surface area contributed by atoms with E-state index in [9.17, 15) is 0 Å². The Balaban J connectivity index is 1.49. The second kappa shape index (κ2) is 12.3. The van der Waals surface area contributed by atoms with Gasteiger partial charge in [-0.3, -0.25) is 0 Å². The van der Waals surface area contributed by atoms with Crippen molar-refractivity contribution >= 4 is 46.4 Å². The number of aromatic nitrogens is 1. The van der Waals surface area contributed by atoms with Gasteiger partial charge in [0.2, 0.25) is 4.80 Å². The van der Waals surface area contributed by atoms with Crippen molar-refractivity contribution < 1.29 is 9.47 Å². The zero-order chi connectivity index (χ0) is 27.2. The van der Waals surface area contributed by atoms with Gasteiger partial charge >= 0.3 is 0 Å². The maximum absolute atomic E-state index is 6.23. The van der Waals surface area contributed by atoms with Crippen LogP contribution in [0.2, 0.25) is 10.0 Å². The topological polar surface area (TPSA) is 48.1 Å². The van der Waals surface area contributed by atoms with E-state index in [1.807, 2.05) is 64.7 Å². The predicted octanol–water partition coefficient (Wildman–Crippen LogP) is 8.53. The van der Waals surface area contributed by atoms with Crippen molar-refractivity contribution in [3.05, 3.63) is 128 Å². The molecule has 0 aliphatic heterocycles. The lowest BCUT2D eigenvalue weighted by Gasteiger charge is -2.11. The number of hydrogen-bond donors (Lipinski definition) is 0. The summed E-state index contributed by atoms with van der Waals surface area (Å²) in [6.45, 7) is 2.52. The SMILES string of the molecule is COc1cc(/C=N/n2c(-c3ccc(C)cc3)csc2=Nc2ccc(Cl)c(Cl)c2)ccc1OCc1ccccc1. The first-order chi connectivity index (χ1) is 19.0. The summed E-state index contributed by atoms with van der Waals surface area (Å²) in [6.07, 6.45) is 1.78. The molecule has 0 radical (unpaired) electrons. The minimum atomic E-state index is 0.449. The molecule has 5 aromatic rings. The molecule has 196 valence electrons. The molecule has 5 nitrogen and oxygen atoms in total. The molecule has 0 saturated heterocycles. The van der Waals surface area contributed by atoms with Crippen molar-refractivity contribution in [1.82, 2.24) is 4.68 Å². The average molecular weight is 575 g/mol. The van der Waals surface area contributed by atoms with Crippen molar-refractivity contribution in [2.24, 2.45) is 10.1 Å². The Bertz CT molecular complexity index is 1680. The van der Waals surface area contributed by atoms with Gasteiger partial charge in [0.05, 0.1) is 34.8 Å². The quantitative estimate of drug-likeness (QED) is 0.174. The van der Waals surface area contributed by atoms with Crippen LogP contribution in [-0.4, -0.2) is 18.0 Å². The van der Waals surface area contributed by atoms with Gasteiger partial charge < -0.3 is 9.47 Å². The Morgan fingerprint density at radius 3 is 2.41 bits per heavy atom. The molecule has 0 unspecified atom stereocenters. The van der Waals surface area contributed by atoms with Gasteiger partial charge in [-0.15, -0.1) is 11.3 Å². The lowest BCUT2D eigenvalue weighted by molar-refractivity contribution is 0.284. The molecule has 39 heavy (non-hydrogen) atoms. The largest absolute Gasteiger partial charge is 0.493 e. The number of aryl methyl sites for hydroxylation is 1. The van der Waals surface area contributed by atoms with E-state index in [4.69, 9.17) is 42.8 Å². The number of nitrogens with zero attached hydrogens (tertiary/aromatic N) is 3. The highest BCUT2D eigenvalue weighted by Gasteiger charge is 2.10. The van der Waals surface area contributed by atoms with Crippen LogP contribution in [0.25, 0.3) is 11.3 Å². The predicted molar refractivity (Wildman–Crippen MR) is 161 cm³/mol. The summed E-state index contributed by atoms with van der Waals surface area (Å²) in [4.78, 5) is 5.49. The van der Waals surface area contributed by atoms with Crippen LogP contribution in [0.3, 0.4) is 0 Å². The lowest BCUT2D eigenvalue weighted by atomic mass is 10.1. The van der Waals surface area contributed by atoms with Crippen LogP contribution in [-0.2, 0) is 6.61 Å². The second-order valence-electron chi connectivity index (χ2n) is 8.72. The third-order valence-electron chi connectivity index (χ3n) is 5.91. The fourth-order valence-corrected chi connectivity index (χ4v) is 4.97. The molecule has 5 rings (SSSR count). The minimum absolute atomic E-state index is 0.449. The van der Waals surface area contributed by atoms with Crippen molar-refractivity contribution in [2.75, 3.05) is 7.11 Å². The molecule has 0 spiro atoms. The van der Waals surface area contributed by atoms with Crippen molar-refractivity contribution in [3.63, 3.8) is 0 Å². The van der Waals surface area contributed by atoms with Gasteiger partial charge in [0.1, 0.15) is 6.61 Å². The van der Waals surface area contributed by atoms with Gasteiger partial charge in [-0.1, -0.05) is 83.4 Å². The molecule has 0 fully saturated rings.